The van der Waals surface area contributed by atoms with Gasteiger partial charge in [0, 0.05) is 19.4 Å². The normalized spacial score (nSPS) is 11.1. The number of aromatic amines is 1. The average Bonchev–Trinajstić information content (AvgIpc) is 3.34. The Labute approximate surface area is 205 Å². The Morgan fingerprint density at radius 1 is 0.765 bits per heavy atom. The van der Waals surface area contributed by atoms with Crippen LogP contribution in [-0.4, -0.2) is 65.3 Å². The van der Waals surface area contributed by atoms with Crippen LogP contribution in [0.1, 0.15) is 109 Å². The van der Waals surface area contributed by atoms with Crippen molar-refractivity contribution in [2.75, 3.05) is 33.0 Å². The first-order valence-corrected chi connectivity index (χ1v) is 13.3. The van der Waals surface area contributed by atoms with Crippen molar-refractivity contribution in [2.45, 2.75) is 110 Å². The highest BCUT2D eigenvalue weighted by Crippen LogP contribution is 2.13. The maximum absolute atomic E-state index is 11.8. The quantitative estimate of drug-likeness (QED) is 0.199. The largest absolute Gasteiger partial charge is 0.377 e. The number of carbonyl (C=O) groups is 2. The molecule has 0 saturated heterocycles. The number of hydrogen-bond donors (Lipinski definition) is 2. The van der Waals surface area contributed by atoms with Crippen LogP contribution in [0.25, 0.3) is 0 Å². The molecule has 0 aliphatic heterocycles. The fourth-order valence-corrected chi connectivity index (χ4v) is 3.77. The predicted octanol–water partition coefficient (Wildman–Crippen LogP) is 4.33. The van der Waals surface area contributed by atoms with Crippen molar-refractivity contribution in [2.24, 2.45) is 0 Å². The maximum Gasteiger partial charge on any atom is 0.220 e. The van der Waals surface area contributed by atoms with Gasteiger partial charge in [-0.05, 0) is 30.2 Å². The lowest BCUT2D eigenvalue weighted by atomic mass is 10.0. The van der Waals surface area contributed by atoms with Crippen molar-refractivity contribution in [1.29, 1.82) is 0 Å². The van der Waals surface area contributed by atoms with Crippen LogP contribution < -0.4 is 5.32 Å². The summed E-state index contributed by atoms with van der Waals surface area (Å²) in [6.07, 6.45) is 19.3. The summed E-state index contributed by atoms with van der Waals surface area (Å²) in [6.45, 7) is 3.45. The van der Waals surface area contributed by atoms with Gasteiger partial charge in [-0.25, -0.2) is 5.10 Å². The second-order valence-electron chi connectivity index (χ2n) is 9.01. The minimum absolute atomic E-state index is 0.00940. The monoisotopic (exact) mass is 481 g/mol. The molecule has 34 heavy (non-hydrogen) atoms. The van der Waals surface area contributed by atoms with Crippen molar-refractivity contribution in [3.63, 3.8) is 0 Å². The van der Waals surface area contributed by atoms with E-state index in [0.717, 1.165) is 31.5 Å². The van der Waals surface area contributed by atoms with Gasteiger partial charge in [0.05, 0.1) is 19.8 Å². The van der Waals surface area contributed by atoms with Gasteiger partial charge < -0.3 is 14.8 Å². The van der Waals surface area contributed by atoms with Gasteiger partial charge in [-0.1, -0.05) is 77.0 Å². The van der Waals surface area contributed by atoms with Gasteiger partial charge in [0.2, 0.25) is 5.91 Å². The summed E-state index contributed by atoms with van der Waals surface area (Å²) in [5.74, 6) is 1.01. The zero-order valence-corrected chi connectivity index (χ0v) is 21.3. The van der Waals surface area contributed by atoms with Gasteiger partial charge in [-0.3, -0.25) is 9.59 Å². The lowest BCUT2D eigenvalue weighted by Gasteiger charge is -2.07. The van der Waals surface area contributed by atoms with Gasteiger partial charge in [-0.15, -0.1) is 5.10 Å². The molecule has 0 saturated carbocycles. The molecule has 0 aliphatic rings. The third-order valence-corrected chi connectivity index (χ3v) is 5.70. The molecule has 196 valence electrons. The Kier molecular flexibility index (Phi) is 20.3. The molecule has 0 atom stereocenters. The first-order chi connectivity index (χ1) is 16.7. The molecule has 0 aliphatic carbocycles. The van der Waals surface area contributed by atoms with Crippen molar-refractivity contribution >= 4 is 11.7 Å². The molecule has 0 bridgehead atoms. The lowest BCUT2D eigenvalue weighted by molar-refractivity contribution is -0.123. The van der Waals surface area contributed by atoms with E-state index in [0.29, 0.717) is 32.8 Å². The van der Waals surface area contributed by atoms with Crippen LogP contribution in [0.4, 0.5) is 0 Å². The summed E-state index contributed by atoms with van der Waals surface area (Å²) in [7, 11) is 0. The zero-order chi connectivity index (χ0) is 24.5. The van der Waals surface area contributed by atoms with Crippen molar-refractivity contribution in [1.82, 2.24) is 25.9 Å². The fourth-order valence-electron chi connectivity index (χ4n) is 3.77. The number of aryl methyl sites for hydroxylation is 1. The van der Waals surface area contributed by atoms with Gasteiger partial charge in [0.15, 0.2) is 5.78 Å². The van der Waals surface area contributed by atoms with Crippen molar-refractivity contribution < 1.29 is 19.1 Å². The van der Waals surface area contributed by atoms with E-state index in [1.165, 1.54) is 77.6 Å². The molecule has 0 fully saturated rings. The lowest BCUT2D eigenvalue weighted by Crippen LogP contribution is -2.27. The summed E-state index contributed by atoms with van der Waals surface area (Å²) in [5, 5.41) is 16.8. The third kappa shape index (κ3) is 20.7. The highest BCUT2D eigenvalue weighted by atomic mass is 16.5. The first-order valence-electron chi connectivity index (χ1n) is 13.3. The molecule has 0 unspecified atom stereocenters. The van der Waals surface area contributed by atoms with E-state index in [1.807, 2.05) is 0 Å². The predicted molar refractivity (Wildman–Crippen MR) is 132 cm³/mol. The molecule has 1 heterocycles. The molecule has 0 radical (unpaired) electrons. The Balaban J connectivity index is 1.69. The Morgan fingerprint density at radius 3 is 1.88 bits per heavy atom. The number of aromatic nitrogens is 4. The van der Waals surface area contributed by atoms with E-state index in [1.54, 1.807) is 0 Å². The van der Waals surface area contributed by atoms with E-state index in [4.69, 9.17) is 9.47 Å². The second-order valence-corrected chi connectivity index (χ2v) is 9.01. The van der Waals surface area contributed by atoms with Crippen molar-refractivity contribution in [3.05, 3.63) is 5.82 Å². The number of tetrazole rings is 1. The zero-order valence-electron chi connectivity index (χ0n) is 21.3. The number of nitrogens with one attached hydrogen (secondary N) is 2. The number of amides is 1. The second kappa shape index (κ2) is 22.9. The SMILES string of the molecule is CC(=O)COCCOCCNC(=O)CCCCCCCCCCCCCCCCc1nnn[nH]1. The fraction of sp³-hybridized carbons (Fsp3) is 0.880. The number of H-pyrrole nitrogens is 1. The summed E-state index contributed by atoms with van der Waals surface area (Å²) >= 11 is 0. The number of carbonyl (C=O) groups excluding carboxylic acids is 2. The number of ketones is 1. The van der Waals surface area contributed by atoms with E-state index in [9.17, 15) is 9.59 Å². The first kappa shape index (κ1) is 30.2. The smallest absolute Gasteiger partial charge is 0.220 e. The van der Waals surface area contributed by atoms with E-state index in [-0.39, 0.29) is 18.3 Å². The molecular weight excluding hydrogens is 434 g/mol. The number of hydrogen-bond acceptors (Lipinski definition) is 7. The average molecular weight is 482 g/mol. The molecule has 0 aromatic carbocycles. The Morgan fingerprint density at radius 2 is 1.32 bits per heavy atom. The highest BCUT2D eigenvalue weighted by molar-refractivity contribution is 5.76. The number of unbranched alkanes of at least 4 members (excludes halogenated alkanes) is 13. The molecular formula is C25H47N5O4. The number of rotatable bonds is 25. The van der Waals surface area contributed by atoms with Crippen LogP contribution in [0.2, 0.25) is 0 Å². The topological polar surface area (TPSA) is 119 Å². The van der Waals surface area contributed by atoms with Crippen LogP contribution >= 0.6 is 0 Å². The van der Waals surface area contributed by atoms with Crippen molar-refractivity contribution in [3.8, 4) is 0 Å². The van der Waals surface area contributed by atoms with Crippen LogP contribution in [0, 0.1) is 0 Å². The van der Waals surface area contributed by atoms with E-state index in [2.05, 4.69) is 25.9 Å². The van der Waals surface area contributed by atoms with Gasteiger partial charge >= 0.3 is 0 Å². The minimum atomic E-state index is 0.00940. The Bertz CT molecular complexity index is 598. The van der Waals surface area contributed by atoms with Gasteiger partial charge in [0.1, 0.15) is 12.4 Å². The van der Waals surface area contributed by atoms with Crippen LogP contribution in [0.5, 0.6) is 0 Å². The van der Waals surface area contributed by atoms with Crippen LogP contribution in [0.15, 0.2) is 0 Å². The summed E-state index contributed by atoms with van der Waals surface area (Å²) in [5.41, 5.74) is 0. The minimum Gasteiger partial charge on any atom is -0.377 e. The molecule has 1 rings (SSSR count). The standard InChI is InChI=1S/C25H47N5O4/c1-23(31)22-34-21-20-33-19-18-26-25(32)17-15-13-11-9-7-5-3-2-4-6-8-10-12-14-16-24-27-29-30-28-24/h2-22H2,1H3,(H,26,32)(H,27,28,29,30). The molecule has 1 aromatic heterocycles. The highest BCUT2D eigenvalue weighted by Gasteiger charge is 2.01. The molecule has 1 aromatic rings. The number of ether oxygens (including phenoxy) is 2. The van der Waals surface area contributed by atoms with Gasteiger partial charge in [0.25, 0.3) is 0 Å². The summed E-state index contributed by atoms with van der Waals surface area (Å²) in [6, 6.07) is 0. The van der Waals surface area contributed by atoms with Crippen LogP contribution in [-0.2, 0) is 25.5 Å². The Hall–Kier alpha value is -1.87. The molecule has 1 amide bonds. The molecule has 2 N–H and O–H groups in total. The molecule has 9 heteroatoms. The third-order valence-electron chi connectivity index (χ3n) is 5.70. The van der Waals surface area contributed by atoms with E-state index < -0.39 is 0 Å². The maximum atomic E-state index is 11.8. The van der Waals surface area contributed by atoms with Crippen LogP contribution in [0.3, 0.4) is 0 Å². The number of Topliss-reactive ketones (excluding diaryl/α,β-unsaturated/α-hetero) is 1. The summed E-state index contributed by atoms with van der Waals surface area (Å²) < 4.78 is 10.5. The molecule has 9 nitrogen and oxygen atoms in total. The van der Waals surface area contributed by atoms with E-state index >= 15 is 0 Å². The number of nitrogens with zero attached hydrogens (tertiary/aromatic N) is 3. The van der Waals surface area contributed by atoms with Gasteiger partial charge in [-0.2, -0.15) is 0 Å². The molecule has 0 spiro atoms. The summed E-state index contributed by atoms with van der Waals surface area (Å²) in [4.78, 5) is 22.5.